The van der Waals surface area contributed by atoms with E-state index in [2.05, 4.69) is 30.2 Å². The highest BCUT2D eigenvalue weighted by Crippen LogP contribution is 2.23. The topological polar surface area (TPSA) is 96.0 Å². The van der Waals surface area contributed by atoms with Crippen molar-refractivity contribution in [3.05, 3.63) is 36.9 Å². The molecule has 1 aliphatic heterocycles. The molecule has 0 radical (unpaired) electrons. The fourth-order valence-corrected chi connectivity index (χ4v) is 3.52. The molecule has 1 aliphatic rings. The average Bonchev–Trinajstić information content (AvgIpc) is 3.17. The standard InChI is InChI=1S/C17H18N6O2S/c24-14(9-26-17-15-16(19-10-18-15)20-11-21-17)22-12-1-3-13(4-2-12)23-5-7-25-8-6-23/h1-4,10-11H,5-9H2,(H,22,24)(H,18,19,20,21). The predicted octanol–water partition coefficient (Wildman–Crippen LogP) is 1.92. The fraction of sp³-hybridized carbons (Fsp3) is 0.294. The quantitative estimate of drug-likeness (QED) is 0.523. The summed E-state index contributed by atoms with van der Waals surface area (Å²) in [7, 11) is 0. The Morgan fingerprint density at radius 2 is 2.00 bits per heavy atom. The molecule has 1 aromatic carbocycles. The first-order chi connectivity index (χ1) is 12.8. The number of benzene rings is 1. The van der Waals surface area contributed by atoms with Crippen molar-refractivity contribution in [3.8, 4) is 0 Å². The molecule has 9 heteroatoms. The van der Waals surface area contributed by atoms with Gasteiger partial charge >= 0.3 is 0 Å². The lowest BCUT2D eigenvalue weighted by molar-refractivity contribution is -0.113. The van der Waals surface area contributed by atoms with Crippen LogP contribution in [0.4, 0.5) is 11.4 Å². The molecule has 134 valence electrons. The maximum atomic E-state index is 12.2. The summed E-state index contributed by atoms with van der Waals surface area (Å²) in [5.41, 5.74) is 3.27. The molecule has 0 bridgehead atoms. The van der Waals surface area contributed by atoms with E-state index in [4.69, 9.17) is 4.74 Å². The summed E-state index contributed by atoms with van der Waals surface area (Å²) in [6, 6.07) is 7.88. The number of aromatic amines is 1. The van der Waals surface area contributed by atoms with Crippen LogP contribution in [0.3, 0.4) is 0 Å². The summed E-state index contributed by atoms with van der Waals surface area (Å²) < 4.78 is 5.37. The van der Waals surface area contributed by atoms with Crippen LogP contribution in [0.1, 0.15) is 0 Å². The Balaban J connectivity index is 1.33. The molecule has 0 spiro atoms. The molecule has 3 heterocycles. The van der Waals surface area contributed by atoms with Crippen LogP contribution in [-0.2, 0) is 9.53 Å². The van der Waals surface area contributed by atoms with Gasteiger partial charge in [0, 0.05) is 24.5 Å². The molecule has 0 saturated carbocycles. The molecule has 1 saturated heterocycles. The highest BCUT2D eigenvalue weighted by Gasteiger charge is 2.12. The van der Waals surface area contributed by atoms with E-state index in [1.807, 2.05) is 24.3 Å². The van der Waals surface area contributed by atoms with E-state index in [0.717, 1.165) is 43.2 Å². The van der Waals surface area contributed by atoms with Crippen LogP contribution in [0, 0.1) is 0 Å². The number of rotatable bonds is 5. The fourth-order valence-electron chi connectivity index (χ4n) is 2.76. The molecule has 0 atom stereocenters. The second kappa shape index (κ2) is 7.71. The van der Waals surface area contributed by atoms with Gasteiger partial charge in [0.1, 0.15) is 16.9 Å². The van der Waals surface area contributed by atoms with E-state index in [-0.39, 0.29) is 11.7 Å². The Morgan fingerprint density at radius 1 is 1.19 bits per heavy atom. The van der Waals surface area contributed by atoms with E-state index < -0.39 is 0 Å². The number of thioether (sulfide) groups is 1. The minimum absolute atomic E-state index is 0.0830. The Morgan fingerprint density at radius 3 is 2.81 bits per heavy atom. The van der Waals surface area contributed by atoms with Crippen LogP contribution in [0.2, 0.25) is 0 Å². The van der Waals surface area contributed by atoms with Gasteiger partial charge in [-0.1, -0.05) is 11.8 Å². The highest BCUT2D eigenvalue weighted by atomic mass is 32.2. The third-order valence-corrected chi connectivity index (χ3v) is 5.04. The van der Waals surface area contributed by atoms with Crippen molar-refractivity contribution in [2.24, 2.45) is 0 Å². The van der Waals surface area contributed by atoms with E-state index in [1.165, 1.54) is 18.1 Å². The van der Waals surface area contributed by atoms with Gasteiger partial charge in [0.25, 0.3) is 0 Å². The lowest BCUT2D eigenvalue weighted by atomic mass is 10.2. The number of nitrogens with zero attached hydrogens (tertiary/aromatic N) is 4. The second-order valence-corrected chi connectivity index (χ2v) is 6.73. The van der Waals surface area contributed by atoms with Gasteiger partial charge in [0.05, 0.1) is 25.3 Å². The molecule has 0 unspecified atom stereocenters. The maximum absolute atomic E-state index is 12.2. The molecule has 1 fully saturated rings. The minimum atomic E-state index is -0.0830. The summed E-state index contributed by atoms with van der Waals surface area (Å²) in [4.78, 5) is 29.8. The molecule has 3 aromatic rings. The van der Waals surface area contributed by atoms with Gasteiger partial charge in [-0.25, -0.2) is 15.0 Å². The van der Waals surface area contributed by atoms with Crippen molar-refractivity contribution in [1.82, 2.24) is 19.9 Å². The lowest BCUT2D eigenvalue weighted by Gasteiger charge is -2.28. The van der Waals surface area contributed by atoms with Crippen molar-refractivity contribution >= 4 is 40.2 Å². The Kier molecular flexibility index (Phi) is 4.98. The molecule has 0 aliphatic carbocycles. The van der Waals surface area contributed by atoms with Crippen molar-refractivity contribution in [1.29, 1.82) is 0 Å². The van der Waals surface area contributed by atoms with E-state index >= 15 is 0 Å². The predicted molar refractivity (Wildman–Crippen MR) is 101 cm³/mol. The number of hydrogen-bond acceptors (Lipinski definition) is 7. The molecule has 1 amide bonds. The average molecular weight is 370 g/mol. The van der Waals surface area contributed by atoms with Gasteiger partial charge in [-0.2, -0.15) is 0 Å². The Hall–Kier alpha value is -2.65. The van der Waals surface area contributed by atoms with Gasteiger partial charge < -0.3 is 19.9 Å². The van der Waals surface area contributed by atoms with Gasteiger partial charge in [-0.3, -0.25) is 4.79 Å². The SMILES string of the molecule is O=C(CSc1ncnc2nc[nH]c12)Nc1ccc(N2CCOCC2)cc1. The number of amides is 1. The van der Waals surface area contributed by atoms with Crippen LogP contribution in [0.5, 0.6) is 0 Å². The van der Waals surface area contributed by atoms with E-state index in [0.29, 0.717) is 10.7 Å². The number of ether oxygens (including phenoxy) is 1. The first kappa shape index (κ1) is 16.8. The largest absolute Gasteiger partial charge is 0.378 e. The van der Waals surface area contributed by atoms with Gasteiger partial charge in [0.15, 0.2) is 5.65 Å². The van der Waals surface area contributed by atoms with Crippen LogP contribution in [-0.4, -0.2) is 57.9 Å². The molecule has 2 aromatic heterocycles. The number of anilines is 2. The van der Waals surface area contributed by atoms with Gasteiger partial charge in [-0.05, 0) is 24.3 Å². The molecular formula is C17H18N6O2S. The number of H-pyrrole nitrogens is 1. The zero-order valence-corrected chi connectivity index (χ0v) is 14.8. The summed E-state index contributed by atoms with van der Waals surface area (Å²) >= 11 is 1.35. The summed E-state index contributed by atoms with van der Waals surface area (Å²) in [5.74, 6) is 0.177. The third kappa shape index (κ3) is 3.78. The zero-order valence-electron chi connectivity index (χ0n) is 14.0. The van der Waals surface area contributed by atoms with Gasteiger partial charge in [0.2, 0.25) is 5.91 Å². The number of aromatic nitrogens is 4. The van der Waals surface area contributed by atoms with Crippen LogP contribution < -0.4 is 10.2 Å². The number of nitrogens with one attached hydrogen (secondary N) is 2. The summed E-state index contributed by atoms with van der Waals surface area (Å²) in [6.45, 7) is 3.29. The molecule has 26 heavy (non-hydrogen) atoms. The van der Waals surface area contributed by atoms with Crippen molar-refractivity contribution in [2.45, 2.75) is 5.03 Å². The number of carbonyl (C=O) groups excluding carboxylic acids is 1. The number of hydrogen-bond donors (Lipinski definition) is 2. The van der Waals surface area contributed by atoms with Crippen molar-refractivity contribution < 1.29 is 9.53 Å². The minimum Gasteiger partial charge on any atom is -0.378 e. The van der Waals surface area contributed by atoms with E-state index in [1.54, 1.807) is 6.33 Å². The zero-order chi connectivity index (χ0) is 17.8. The number of carbonyl (C=O) groups is 1. The number of fused-ring (bicyclic) bond motifs is 1. The highest BCUT2D eigenvalue weighted by molar-refractivity contribution is 8.00. The van der Waals surface area contributed by atoms with Gasteiger partial charge in [-0.15, -0.1) is 0 Å². The first-order valence-corrected chi connectivity index (χ1v) is 9.27. The second-order valence-electron chi connectivity index (χ2n) is 5.76. The molecule has 4 rings (SSSR count). The van der Waals surface area contributed by atoms with Crippen LogP contribution >= 0.6 is 11.8 Å². The number of imidazole rings is 1. The third-order valence-electron chi connectivity index (χ3n) is 4.06. The first-order valence-electron chi connectivity index (χ1n) is 8.29. The van der Waals surface area contributed by atoms with Crippen LogP contribution in [0.25, 0.3) is 11.2 Å². The molecule has 2 N–H and O–H groups in total. The lowest BCUT2D eigenvalue weighted by Crippen LogP contribution is -2.36. The van der Waals surface area contributed by atoms with Crippen LogP contribution in [0.15, 0.2) is 41.9 Å². The number of morpholine rings is 1. The Labute approximate surface area is 154 Å². The monoisotopic (exact) mass is 370 g/mol. The molecular weight excluding hydrogens is 352 g/mol. The normalized spacial score (nSPS) is 14.5. The Bertz CT molecular complexity index is 892. The smallest absolute Gasteiger partial charge is 0.234 e. The van der Waals surface area contributed by atoms with Crippen molar-refractivity contribution in [2.75, 3.05) is 42.3 Å². The molecule has 8 nitrogen and oxygen atoms in total. The van der Waals surface area contributed by atoms with Crippen molar-refractivity contribution in [3.63, 3.8) is 0 Å². The summed E-state index contributed by atoms with van der Waals surface area (Å²) in [6.07, 6.45) is 3.02. The summed E-state index contributed by atoms with van der Waals surface area (Å²) in [5, 5.41) is 3.63. The van der Waals surface area contributed by atoms with E-state index in [9.17, 15) is 4.79 Å². The maximum Gasteiger partial charge on any atom is 0.234 e.